The fourth-order valence-electron chi connectivity index (χ4n) is 3.40. The van der Waals surface area contributed by atoms with Crippen molar-refractivity contribution >= 4 is 23.6 Å². The molecular formula is C15H18N3O4S-. The van der Waals surface area contributed by atoms with E-state index in [1.807, 2.05) is 6.92 Å². The molecule has 0 saturated carbocycles. The molecule has 0 spiro atoms. The number of aryl methyl sites for hydroxylation is 1. The summed E-state index contributed by atoms with van der Waals surface area (Å²) >= 11 is 1.43. The number of aliphatic hydroxyl groups excluding tert-OH is 1. The SMILES string of the molecule is C[C@@H](O)[C@H]1C(=O)N2C(C(=O)[O-])=C(SCCc3cnc[nH]3)[C@H](C)[C@H]12. The molecule has 4 atom stereocenters. The molecule has 1 amide bonds. The van der Waals surface area contributed by atoms with Gasteiger partial charge in [-0.15, -0.1) is 11.8 Å². The summed E-state index contributed by atoms with van der Waals surface area (Å²) in [5.74, 6) is -1.65. The fourth-order valence-corrected chi connectivity index (χ4v) is 4.66. The average Bonchev–Trinajstić information content (AvgIpc) is 3.05. The van der Waals surface area contributed by atoms with Gasteiger partial charge >= 0.3 is 0 Å². The molecule has 23 heavy (non-hydrogen) atoms. The maximum absolute atomic E-state index is 12.2. The van der Waals surface area contributed by atoms with Crippen LogP contribution in [0.5, 0.6) is 0 Å². The highest BCUT2D eigenvalue weighted by molar-refractivity contribution is 8.03. The van der Waals surface area contributed by atoms with Crippen LogP contribution in [0.15, 0.2) is 23.1 Å². The smallest absolute Gasteiger partial charge is 0.235 e. The number of aromatic amines is 1. The van der Waals surface area contributed by atoms with Gasteiger partial charge in [-0.2, -0.15) is 0 Å². The van der Waals surface area contributed by atoms with Crippen LogP contribution in [0.1, 0.15) is 19.5 Å². The van der Waals surface area contributed by atoms with Crippen LogP contribution in [0.4, 0.5) is 0 Å². The van der Waals surface area contributed by atoms with E-state index in [2.05, 4.69) is 9.97 Å². The second kappa shape index (κ2) is 6.01. The average molecular weight is 336 g/mol. The van der Waals surface area contributed by atoms with Gasteiger partial charge in [-0.25, -0.2) is 4.98 Å². The third-order valence-electron chi connectivity index (χ3n) is 4.49. The first-order valence-corrected chi connectivity index (χ1v) is 8.48. The highest BCUT2D eigenvalue weighted by Gasteiger charge is 2.58. The zero-order valence-electron chi connectivity index (χ0n) is 12.9. The van der Waals surface area contributed by atoms with Crippen molar-refractivity contribution in [1.29, 1.82) is 0 Å². The number of carbonyl (C=O) groups excluding carboxylic acids is 2. The van der Waals surface area contributed by atoms with Crippen molar-refractivity contribution in [2.75, 3.05) is 5.75 Å². The Morgan fingerprint density at radius 2 is 2.35 bits per heavy atom. The van der Waals surface area contributed by atoms with Crippen molar-refractivity contribution in [2.45, 2.75) is 32.4 Å². The summed E-state index contributed by atoms with van der Waals surface area (Å²) in [6, 6.07) is -0.287. The van der Waals surface area contributed by atoms with E-state index in [0.29, 0.717) is 10.7 Å². The van der Waals surface area contributed by atoms with E-state index in [4.69, 9.17) is 0 Å². The minimum atomic E-state index is -1.33. The Morgan fingerprint density at radius 3 is 2.91 bits per heavy atom. The first-order chi connectivity index (χ1) is 10.9. The maximum atomic E-state index is 12.2. The molecule has 2 aliphatic rings. The van der Waals surface area contributed by atoms with Gasteiger partial charge in [0.1, 0.15) is 0 Å². The van der Waals surface area contributed by atoms with Gasteiger partial charge in [0.2, 0.25) is 5.91 Å². The van der Waals surface area contributed by atoms with Crippen LogP contribution in [0.2, 0.25) is 0 Å². The number of β-lactam (4-membered cyclic amide) rings is 1. The number of aliphatic hydroxyl groups is 1. The van der Waals surface area contributed by atoms with Crippen LogP contribution in [0.3, 0.4) is 0 Å². The Hall–Kier alpha value is -1.80. The molecule has 0 bridgehead atoms. The summed E-state index contributed by atoms with van der Waals surface area (Å²) in [4.78, 5) is 32.6. The summed E-state index contributed by atoms with van der Waals surface area (Å²) < 4.78 is 0. The summed E-state index contributed by atoms with van der Waals surface area (Å²) in [6.45, 7) is 3.46. The van der Waals surface area contributed by atoms with E-state index in [-0.39, 0.29) is 23.6 Å². The number of carboxylic acids is 1. The second-order valence-electron chi connectivity index (χ2n) is 5.93. The molecule has 3 heterocycles. The number of hydrogen-bond donors (Lipinski definition) is 2. The van der Waals surface area contributed by atoms with Crippen LogP contribution in [0.25, 0.3) is 0 Å². The normalized spacial score (nSPS) is 27.9. The number of carbonyl (C=O) groups is 2. The molecule has 0 unspecified atom stereocenters. The molecule has 8 heteroatoms. The van der Waals surface area contributed by atoms with E-state index < -0.39 is 18.0 Å². The van der Waals surface area contributed by atoms with Gasteiger partial charge < -0.3 is 24.9 Å². The molecule has 3 rings (SSSR count). The molecular weight excluding hydrogens is 318 g/mol. The topological polar surface area (TPSA) is 109 Å². The molecule has 0 aliphatic carbocycles. The quantitative estimate of drug-likeness (QED) is 0.678. The van der Waals surface area contributed by atoms with E-state index in [0.717, 1.165) is 12.1 Å². The van der Waals surface area contributed by atoms with E-state index >= 15 is 0 Å². The van der Waals surface area contributed by atoms with Crippen molar-refractivity contribution in [2.24, 2.45) is 11.8 Å². The standard InChI is InChI=1S/C15H19N3O4S/c1-7-11-10(8(2)19)14(20)18(11)12(15(21)22)13(7)23-4-3-9-5-16-6-17-9/h5-8,10-11,19H,3-4H2,1-2H3,(H,16,17)(H,21,22)/p-1/t7-,8-,10-,11-/m1/s1. The Morgan fingerprint density at radius 1 is 1.61 bits per heavy atom. The number of aromatic nitrogens is 2. The number of imidazole rings is 1. The highest BCUT2D eigenvalue weighted by Crippen LogP contribution is 2.50. The number of fused-ring (bicyclic) bond motifs is 1. The lowest BCUT2D eigenvalue weighted by Crippen LogP contribution is -2.64. The van der Waals surface area contributed by atoms with Crippen LogP contribution in [-0.4, -0.2) is 49.7 Å². The zero-order chi connectivity index (χ0) is 16.7. The molecule has 2 N–H and O–H groups in total. The van der Waals surface area contributed by atoms with Gasteiger partial charge in [0.05, 0.1) is 36.1 Å². The molecule has 0 radical (unpaired) electrons. The first-order valence-electron chi connectivity index (χ1n) is 7.50. The Balaban J connectivity index is 1.77. The Labute approximate surface area is 137 Å². The van der Waals surface area contributed by atoms with Gasteiger partial charge in [-0.3, -0.25) is 4.79 Å². The second-order valence-corrected chi connectivity index (χ2v) is 7.07. The minimum Gasteiger partial charge on any atom is -0.543 e. The zero-order valence-corrected chi connectivity index (χ0v) is 13.7. The molecule has 1 aromatic heterocycles. The first kappa shape index (κ1) is 16.1. The number of aliphatic carboxylic acids is 1. The number of amides is 1. The van der Waals surface area contributed by atoms with Crippen molar-refractivity contribution in [3.8, 4) is 0 Å². The third kappa shape index (κ3) is 2.55. The van der Waals surface area contributed by atoms with Gasteiger partial charge in [0.25, 0.3) is 0 Å². The monoisotopic (exact) mass is 336 g/mol. The number of carboxylic acid groups (broad SMARTS) is 1. The molecule has 1 saturated heterocycles. The lowest BCUT2D eigenvalue weighted by Gasteiger charge is -2.47. The predicted octanol–water partition coefficient (Wildman–Crippen LogP) is -0.496. The van der Waals surface area contributed by atoms with Crippen LogP contribution >= 0.6 is 11.8 Å². The largest absolute Gasteiger partial charge is 0.543 e. The summed E-state index contributed by atoms with van der Waals surface area (Å²) in [6.07, 6.45) is 3.26. The number of nitrogens with one attached hydrogen (secondary N) is 1. The van der Waals surface area contributed by atoms with Crippen molar-refractivity contribution < 1.29 is 19.8 Å². The van der Waals surface area contributed by atoms with Crippen molar-refractivity contribution in [3.63, 3.8) is 0 Å². The summed E-state index contributed by atoms with van der Waals surface area (Å²) in [5, 5.41) is 21.3. The van der Waals surface area contributed by atoms with Crippen LogP contribution in [0, 0.1) is 11.8 Å². The van der Waals surface area contributed by atoms with Gasteiger partial charge in [-0.1, -0.05) is 6.92 Å². The molecule has 124 valence electrons. The van der Waals surface area contributed by atoms with Crippen molar-refractivity contribution in [3.05, 3.63) is 28.8 Å². The molecule has 1 aromatic rings. The predicted molar refractivity (Wildman–Crippen MR) is 81.8 cm³/mol. The molecule has 0 aromatic carbocycles. The third-order valence-corrected chi connectivity index (χ3v) is 5.77. The Kier molecular flexibility index (Phi) is 4.20. The highest BCUT2D eigenvalue weighted by atomic mass is 32.2. The van der Waals surface area contributed by atoms with E-state index in [1.54, 1.807) is 19.4 Å². The fraction of sp³-hybridized carbons (Fsp3) is 0.533. The van der Waals surface area contributed by atoms with Gasteiger partial charge in [0.15, 0.2) is 0 Å². The Bertz CT molecular complexity index is 656. The minimum absolute atomic E-state index is 0.0287. The summed E-state index contributed by atoms with van der Waals surface area (Å²) in [5.41, 5.74) is 0.943. The molecule has 1 fully saturated rings. The molecule has 7 nitrogen and oxygen atoms in total. The number of thioether (sulfide) groups is 1. The van der Waals surface area contributed by atoms with E-state index in [1.165, 1.54) is 16.7 Å². The number of nitrogens with zero attached hydrogens (tertiary/aromatic N) is 2. The lowest BCUT2D eigenvalue weighted by atomic mass is 9.79. The number of hydrogen-bond acceptors (Lipinski definition) is 6. The van der Waals surface area contributed by atoms with Crippen LogP contribution in [-0.2, 0) is 16.0 Å². The maximum Gasteiger partial charge on any atom is 0.235 e. The van der Waals surface area contributed by atoms with Gasteiger partial charge in [0, 0.05) is 28.5 Å². The van der Waals surface area contributed by atoms with Crippen molar-refractivity contribution in [1.82, 2.24) is 14.9 Å². The van der Waals surface area contributed by atoms with E-state index in [9.17, 15) is 19.8 Å². The number of H-pyrrole nitrogens is 1. The summed E-state index contributed by atoms with van der Waals surface area (Å²) in [7, 11) is 0. The molecule has 2 aliphatic heterocycles. The van der Waals surface area contributed by atoms with Gasteiger partial charge in [-0.05, 0) is 13.3 Å². The number of rotatable bonds is 6. The van der Waals surface area contributed by atoms with Crippen LogP contribution < -0.4 is 5.11 Å². The lowest BCUT2D eigenvalue weighted by molar-refractivity contribution is -0.301.